The molecule has 0 bridgehead atoms. The lowest BCUT2D eigenvalue weighted by Crippen LogP contribution is -1.78. The van der Waals surface area contributed by atoms with Crippen LogP contribution in [0.1, 0.15) is 1.37 Å². The molecular weight excluding hydrogens is 176 g/mol. The summed E-state index contributed by atoms with van der Waals surface area (Å²) in [6.07, 6.45) is -0.199. The second kappa shape index (κ2) is 2.95. The van der Waals surface area contributed by atoms with E-state index in [-0.39, 0.29) is 6.37 Å². The SMILES string of the molecule is [2H]c1nc(-c2cccc(Cl)c2)no1. The van der Waals surface area contributed by atoms with E-state index in [0.29, 0.717) is 10.8 Å². The van der Waals surface area contributed by atoms with E-state index < -0.39 is 0 Å². The fourth-order valence-corrected chi connectivity index (χ4v) is 1.08. The van der Waals surface area contributed by atoms with Crippen LogP contribution in [-0.2, 0) is 0 Å². The van der Waals surface area contributed by atoms with Crippen molar-refractivity contribution in [3.8, 4) is 11.4 Å². The molecule has 0 radical (unpaired) electrons. The van der Waals surface area contributed by atoms with Gasteiger partial charge in [0.2, 0.25) is 12.2 Å². The Morgan fingerprint density at radius 1 is 1.50 bits per heavy atom. The molecule has 2 rings (SSSR count). The Bertz CT molecular complexity index is 430. The van der Waals surface area contributed by atoms with Crippen LogP contribution < -0.4 is 0 Å². The average molecular weight is 182 g/mol. The zero-order valence-corrected chi connectivity index (χ0v) is 6.75. The summed E-state index contributed by atoms with van der Waals surface area (Å²) in [6.45, 7) is 0. The molecular formula is C8H5ClN2O. The van der Waals surface area contributed by atoms with Crippen molar-refractivity contribution in [2.24, 2.45) is 0 Å². The van der Waals surface area contributed by atoms with Crippen molar-refractivity contribution >= 4 is 11.6 Å². The van der Waals surface area contributed by atoms with Gasteiger partial charge in [-0.2, -0.15) is 4.98 Å². The minimum Gasteiger partial charge on any atom is -0.342 e. The van der Waals surface area contributed by atoms with Gasteiger partial charge in [-0.15, -0.1) is 0 Å². The van der Waals surface area contributed by atoms with E-state index >= 15 is 0 Å². The summed E-state index contributed by atoms with van der Waals surface area (Å²) >= 11 is 5.77. The lowest BCUT2D eigenvalue weighted by molar-refractivity contribution is 0.419. The summed E-state index contributed by atoms with van der Waals surface area (Å²) in [5, 5.41) is 4.20. The summed E-state index contributed by atoms with van der Waals surface area (Å²) in [7, 11) is 0. The van der Waals surface area contributed by atoms with Gasteiger partial charge in [0, 0.05) is 10.6 Å². The normalized spacial score (nSPS) is 11.2. The molecule has 0 aliphatic carbocycles. The second-order valence-corrected chi connectivity index (χ2v) is 2.66. The quantitative estimate of drug-likeness (QED) is 0.678. The number of hydrogen-bond acceptors (Lipinski definition) is 3. The zero-order valence-electron chi connectivity index (χ0n) is 6.99. The number of nitrogens with zero attached hydrogens (tertiary/aromatic N) is 2. The molecule has 0 saturated heterocycles. The predicted octanol–water partition coefficient (Wildman–Crippen LogP) is 2.39. The van der Waals surface area contributed by atoms with Gasteiger partial charge in [-0.1, -0.05) is 28.9 Å². The molecule has 0 fully saturated rings. The third kappa shape index (κ3) is 1.31. The second-order valence-electron chi connectivity index (χ2n) is 2.22. The summed E-state index contributed by atoms with van der Waals surface area (Å²) in [5.41, 5.74) is 0.745. The molecule has 0 amide bonds. The monoisotopic (exact) mass is 181 g/mol. The lowest BCUT2D eigenvalue weighted by Gasteiger charge is -1.93. The molecule has 0 unspecified atom stereocenters. The fourth-order valence-electron chi connectivity index (χ4n) is 0.893. The molecule has 2 aromatic rings. The average Bonchev–Trinajstić information content (AvgIpc) is 2.52. The van der Waals surface area contributed by atoms with Gasteiger partial charge in [-0.3, -0.25) is 0 Å². The van der Waals surface area contributed by atoms with Crippen LogP contribution in [0.15, 0.2) is 35.2 Å². The van der Waals surface area contributed by atoms with Crippen molar-refractivity contribution in [3.05, 3.63) is 35.7 Å². The zero-order chi connectivity index (χ0) is 9.26. The lowest BCUT2D eigenvalue weighted by atomic mass is 10.2. The van der Waals surface area contributed by atoms with Crippen molar-refractivity contribution in [1.82, 2.24) is 10.1 Å². The number of aromatic nitrogens is 2. The smallest absolute Gasteiger partial charge is 0.214 e. The first-order valence-corrected chi connectivity index (χ1v) is 3.70. The number of rotatable bonds is 1. The van der Waals surface area contributed by atoms with Crippen molar-refractivity contribution in [3.63, 3.8) is 0 Å². The molecule has 1 aromatic carbocycles. The molecule has 0 aliphatic rings. The minimum atomic E-state index is -0.199. The van der Waals surface area contributed by atoms with Gasteiger partial charge in [0.05, 0.1) is 0 Å². The van der Waals surface area contributed by atoms with Crippen LogP contribution in [-0.4, -0.2) is 10.1 Å². The highest BCUT2D eigenvalue weighted by Gasteiger charge is 2.01. The van der Waals surface area contributed by atoms with Crippen LogP contribution in [0.3, 0.4) is 0 Å². The Hall–Kier alpha value is -1.35. The fraction of sp³-hybridized carbons (Fsp3) is 0. The molecule has 0 aliphatic heterocycles. The molecule has 1 aromatic heterocycles. The van der Waals surface area contributed by atoms with E-state index in [1.54, 1.807) is 24.3 Å². The van der Waals surface area contributed by atoms with E-state index in [9.17, 15) is 0 Å². The Morgan fingerprint density at radius 3 is 3.08 bits per heavy atom. The first-order valence-electron chi connectivity index (χ1n) is 3.82. The van der Waals surface area contributed by atoms with Crippen LogP contribution in [0.4, 0.5) is 0 Å². The molecule has 0 spiro atoms. The Morgan fingerprint density at radius 2 is 2.42 bits per heavy atom. The Kier molecular flexibility index (Phi) is 1.52. The van der Waals surface area contributed by atoms with Crippen molar-refractivity contribution in [2.45, 2.75) is 0 Å². The molecule has 0 atom stereocenters. The van der Waals surface area contributed by atoms with E-state index in [1.807, 2.05) is 0 Å². The van der Waals surface area contributed by atoms with Crippen molar-refractivity contribution < 1.29 is 5.89 Å². The van der Waals surface area contributed by atoms with Crippen molar-refractivity contribution in [2.75, 3.05) is 0 Å². The predicted molar refractivity (Wildman–Crippen MR) is 44.7 cm³/mol. The maximum atomic E-state index is 7.05. The van der Waals surface area contributed by atoms with E-state index in [0.717, 1.165) is 5.56 Å². The first kappa shape index (κ1) is 6.20. The molecule has 12 heavy (non-hydrogen) atoms. The summed E-state index contributed by atoms with van der Waals surface area (Å²) in [4.78, 5) is 3.75. The topological polar surface area (TPSA) is 38.9 Å². The van der Waals surface area contributed by atoms with E-state index in [1.165, 1.54) is 0 Å². The third-order valence-electron chi connectivity index (χ3n) is 1.41. The Labute approximate surface area is 75.4 Å². The van der Waals surface area contributed by atoms with Crippen LogP contribution in [0.5, 0.6) is 0 Å². The minimum absolute atomic E-state index is 0.199. The van der Waals surface area contributed by atoms with Gasteiger partial charge in [-0.25, -0.2) is 0 Å². The summed E-state index contributed by atoms with van der Waals surface area (Å²) in [6, 6.07) is 7.06. The molecule has 4 heteroatoms. The summed E-state index contributed by atoms with van der Waals surface area (Å²) < 4.78 is 11.6. The number of hydrogen-bond donors (Lipinski definition) is 0. The van der Waals surface area contributed by atoms with Crippen LogP contribution >= 0.6 is 11.6 Å². The standard InChI is InChI=1S/C8H5ClN2O/c9-7-3-1-2-6(4-7)8-10-5-12-11-8/h1-5H/i5D. The van der Waals surface area contributed by atoms with Gasteiger partial charge < -0.3 is 4.52 Å². The molecule has 1 heterocycles. The van der Waals surface area contributed by atoms with E-state index in [2.05, 4.69) is 14.7 Å². The van der Waals surface area contributed by atoms with Crippen LogP contribution in [0.25, 0.3) is 11.4 Å². The maximum absolute atomic E-state index is 7.05. The van der Waals surface area contributed by atoms with Gasteiger partial charge in [0.25, 0.3) is 0 Å². The highest BCUT2D eigenvalue weighted by Crippen LogP contribution is 2.18. The highest BCUT2D eigenvalue weighted by molar-refractivity contribution is 6.30. The molecule has 60 valence electrons. The third-order valence-corrected chi connectivity index (χ3v) is 1.64. The first-order chi connectivity index (χ1) is 6.25. The number of halogens is 1. The van der Waals surface area contributed by atoms with Crippen LogP contribution in [0.2, 0.25) is 5.02 Å². The Balaban J connectivity index is 2.46. The molecule has 3 nitrogen and oxygen atoms in total. The van der Waals surface area contributed by atoms with Gasteiger partial charge in [-0.05, 0) is 12.1 Å². The van der Waals surface area contributed by atoms with Crippen LogP contribution in [0, 0.1) is 0 Å². The maximum Gasteiger partial charge on any atom is 0.214 e. The number of benzene rings is 1. The van der Waals surface area contributed by atoms with Gasteiger partial charge in [0.15, 0.2) is 0 Å². The largest absolute Gasteiger partial charge is 0.342 e. The van der Waals surface area contributed by atoms with Gasteiger partial charge in [0.1, 0.15) is 1.37 Å². The highest BCUT2D eigenvalue weighted by atomic mass is 35.5. The van der Waals surface area contributed by atoms with Gasteiger partial charge >= 0.3 is 0 Å². The summed E-state index contributed by atoms with van der Waals surface area (Å²) in [5.74, 6) is 0.382. The van der Waals surface area contributed by atoms with Crippen molar-refractivity contribution in [1.29, 1.82) is 0 Å². The molecule has 0 N–H and O–H groups in total. The molecule has 0 saturated carbocycles. The van der Waals surface area contributed by atoms with E-state index in [4.69, 9.17) is 13.0 Å².